The summed E-state index contributed by atoms with van der Waals surface area (Å²) in [6.45, 7) is 3.40. The summed E-state index contributed by atoms with van der Waals surface area (Å²) in [5, 5.41) is 14.6. The maximum absolute atomic E-state index is 11.3. The van der Waals surface area contributed by atoms with Crippen molar-refractivity contribution >= 4 is 52.2 Å². The highest BCUT2D eigenvalue weighted by atomic mass is 35.5. The molecule has 4 nitrogen and oxygen atoms in total. The van der Waals surface area contributed by atoms with Gasteiger partial charge in [-0.15, -0.1) is 0 Å². The fraction of sp³-hybridized carbons (Fsp3) is 0.391. The Kier molecular flexibility index (Phi) is 7.98. The minimum atomic E-state index is -0.681. The number of aliphatic carboxylic acids is 1. The Balaban J connectivity index is 1.71. The van der Waals surface area contributed by atoms with Crippen LogP contribution in [0.25, 0.3) is 0 Å². The van der Waals surface area contributed by atoms with Gasteiger partial charge in [0.05, 0.1) is 5.92 Å². The molecule has 0 atom stereocenters. The molecular weight excluding hydrogens is 439 g/mol. The van der Waals surface area contributed by atoms with Gasteiger partial charge in [0, 0.05) is 28.8 Å². The van der Waals surface area contributed by atoms with Gasteiger partial charge in [-0.3, -0.25) is 4.79 Å². The molecule has 1 aliphatic rings. The molecule has 160 valence electrons. The smallest absolute Gasteiger partial charge is 0.306 e. The van der Waals surface area contributed by atoms with Gasteiger partial charge in [0.1, 0.15) is 0 Å². The van der Waals surface area contributed by atoms with E-state index < -0.39 is 5.97 Å². The summed E-state index contributed by atoms with van der Waals surface area (Å²) in [6.07, 6.45) is 3.24. The maximum atomic E-state index is 11.3. The zero-order valence-corrected chi connectivity index (χ0v) is 19.2. The van der Waals surface area contributed by atoms with E-state index in [-0.39, 0.29) is 5.92 Å². The Hall–Kier alpha value is -1.82. The summed E-state index contributed by atoms with van der Waals surface area (Å²) in [7, 11) is 0. The highest BCUT2D eigenvalue weighted by molar-refractivity contribution is 7.80. The number of hydrogen-bond donors (Lipinski definition) is 2. The van der Waals surface area contributed by atoms with Crippen molar-refractivity contribution in [3.8, 4) is 0 Å². The first-order valence-corrected chi connectivity index (χ1v) is 11.3. The quantitative estimate of drug-likeness (QED) is 0.484. The van der Waals surface area contributed by atoms with Crippen LogP contribution in [-0.4, -0.2) is 27.6 Å². The Morgan fingerprint density at radius 2 is 1.80 bits per heavy atom. The Morgan fingerprint density at radius 3 is 2.40 bits per heavy atom. The summed E-state index contributed by atoms with van der Waals surface area (Å²) in [4.78, 5) is 13.4. The van der Waals surface area contributed by atoms with Crippen molar-refractivity contribution in [3.63, 3.8) is 0 Å². The van der Waals surface area contributed by atoms with Crippen LogP contribution >= 0.6 is 35.4 Å². The zero-order valence-electron chi connectivity index (χ0n) is 16.9. The van der Waals surface area contributed by atoms with Crippen molar-refractivity contribution in [2.24, 2.45) is 11.8 Å². The van der Waals surface area contributed by atoms with Gasteiger partial charge in [-0.1, -0.05) is 41.4 Å². The van der Waals surface area contributed by atoms with Crippen molar-refractivity contribution in [2.75, 3.05) is 11.9 Å². The summed E-state index contributed by atoms with van der Waals surface area (Å²) >= 11 is 18.0. The van der Waals surface area contributed by atoms with E-state index in [1.165, 1.54) is 0 Å². The van der Waals surface area contributed by atoms with E-state index in [9.17, 15) is 9.90 Å². The number of carbonyl (C=O) groups is 1. The number of hydrogen-bond acceptors (Lipinski definition) is 2. The van der Waals surface area contributed by atoms with Gasteiger partial charge in [-0.05, 0) is 86.1 Å². The van der Waals surface area contributed by atoms with Crippen LogP contribution in [-0.2, 0) is 11.3 Å². The molecule has 0 aromatic heterocycles. The van der Waals surface area contributed by atoms with Gasteiger partial charge in [0.15, 0.2) is 5.11 Å². The highest BCUT2D eigenvalue weighted by Crippen LogP contribution is 2.30. The SMILES string of the molecule is Cc1ccc(NC(=S)N(Cc2ccc(Cl)cc2)CC2CCC(C(=O)O)CC2)cc1Cl. The number of thiocarbonyl (C=S) groups is 1. The van der Waals surface area contributed by atoms with E-state index in [0.29, 0.717) is 27.6 Å². The highest BCUT2D eigenvalue weighted by Gasteiger charge is 2.27. The number of rotatable bonds is 6. The topological polar surface area (TPSA) is 52.6 Å². The minimum Gasteiger partial charge on any atom is -0.481 e. The van der Waals surface area contributed by atoms with E-state index in [1.54, 1.807) is 0 Å². The molecule has 0 radical (unpaired) electrons. The third-order valence-corrected chi connectivity index (χ3v) is 6.69. The standard InChI is InChI=1S/C23H26Cl2N2O2S/c1-15-2-11-20(12-21(15)25)26-23(30)27(14-17-5-9-19(24)10-6-17)13-16-3-7-18(8-4-16)22(28)29/h2,5-6,9-12,16,18H,3-4,7-8,13-14H2,1H3,(H,26,30)(H,28,29). The van der Waals surface area contributed by atoms with Crippen LogP contribution in [0, 0.1) is 18.8 Å². The van der Waals surface area contributed by atoms with Crippen LogP contribution in [0.3, 0.4) is 0 Å². The second-order valence-electron chi connectivity index (χ2n) is 7.96. The molecule has 1 fully saturated rings. The first-order valence-electron chi connectivity index (χ1n) is 10.1. The van der Waals surface area contributed by atoms with Crippen LogP contribution in [0.5, 0.6) is 0 Å². The van der Waals surface area contributed by atoms with Crippen molar-refractivity contribution in [1.82, 2.24) is 4.90 Å². The number of benzene rings is 2. The van der Waals surface area contributed by atoms with E-state index in [2.05, 4.69) is 10.2 Å². The Bertz CT molecular complexity index is 897. The Labute approximate surface area is 193 Å². The molecule has 7 heteroatoms. The molecule has 0 unspecified atom stereocenters. The lowest BCUT2D eigenvalue weighted by Gasteiger charge is -2.33. The number of anilines is 1. The first-order chi connectivity index (χ1) is 14.3. The molecule has 1 saturated carbocycles. The van der Waals surface area contributed by atoms with E-state index in [4.69, 9.17) is 35.4 Å². The molecule has 30 heavy (non-hydrogen) atoms. The lowest BCUT2D eigenvalue weighted by Crippen LogP contribution is -2.39. The lowest BCUT2D eigenvalue weighted by molar-refractivity contribution is -0.143. The summed E-state index contributed by atoms with van der Waals surface area (Å²) < 4.78 is 0. The predicted octanol–water partition coefficient (Wildman–Crippen LogP) is 6.39. The number of nitrogens with one attached hydrogen (secondary N) is 1. The van der Waals surface area contributed by atoms with Crippen LogP contribution in [0.15, 0.2) is 42.5 Å². The summed E-state index contributed by atoms with van der Waals surface area (Å²) in [5.74, 6) is -0.486. The van der Waals surface area contributed by atoms with E-state index in [0.717, 1.165) is 49.0 Å². The molecule has 2 aromatic rings. The second-order valence-corrected chi connectivity index (χ2v) is 9.19. The minimum absolute atomic E-state index is 0.217. The molecule has 0 bridgehead atoms. The Morgan fingerprint density at radius 1 is 1.13 bits per heavy atom. The molecule has 0 spiro atoms. The average Bonchev–Trinajstić information content (AvgIpc) is 2.72. The molecule has 0 amide bonds. The summed E-state index contributed by atoms with van der Waals surface area (Å²) in [6, 6.07) is 13.6. The molecule has 0 heterocycles. The van der Waals surface area contributed by atoms with Gasteiger partial charge >= 0.3 is 5.97 Å². The van der Waals surface area contributed by atoms with Crippen LogP contribution in [0.2, 0.25) is 10.0 Å². The van der Waals surface area contributed by atoms with Crippen molar-refractivity contribution in [2.45, 2.75) is 39.2 Å². The lowest BCUT2D eigenvalue weighted by atomic mass is 9.82. The number of carboxylic acids is 1. The van der Waals surface area contributed by atoms with E-state index in [1.807, 2.05) is 49.4 Å². The van der Waals surface area contributed by atoms with Gasteiger partial charge in [0.2, 0.25) is 0 Å². The zero-order chi connectivity index (χ0) is 21.7. The fourth-order valence-corrected chi connectivity index (χ4v) is 4.37. The fourth-order valence-electron chi connectivity index (χ4n) is 3.81. The normalized spacial score (nSPS) is 18.6. The molecular formula is C23H26Cl2N2O2S. The monoisotopic (exact) mass is 464 g/mol. The molecule has 3 rings (SSSR count). The van der Waals surface area contributed by atoms with Crippen LogP contribution in [0.4, 0.5) is 5.69 Å². The number of aryl methyl sites for hydroxylation is 1. The first kappa shape index (κ1) is 22.9. The third kappa shape index (κ3) is 6.34. The second kappa shape index (κ2) is 10.5. The van der Waals surface area contributed by atoms with Gasteiger partial charge < -0.3 is 15.3 Å². The average molecular weight is 465 g/mol. The predicted molar refractivity (Wildman–Crippen MR) is 127 cm³/mol. The number of halogens is 2. The van der Waals surface area contributed by atoms with Crippen LogP contribution < -0.4 is 5.32 Å². The van der Waals surface area contributed by atoms with Gasteiger partial charge in [-0.25, -0.2) is 0 Å². The van der Waals surface area contributed by atoms with Crippen molar-refractivity contribution < 1.29 is 9.90 Å². The summed E-state index contributed by atoms with van der Waals surface area (Å²) in [5.41, 5.74) is 2.98. The third-order valence-electron chi connectivity index (χ3n) is 5.67. The van der Waals surface area contributed by atoms with E-state index >= 15 is 0 Å². The maximum Gasteiger partial charge on any atom is 0.306 e. The van der Waals surface area contributed by atoms with Gasteiger partial charge in [-0.2, -0.15) is 0 Å². The van der Waals surface area contributed by atoms with Crippen molar-refractivity contribution in [3.05, 3.63) is 63.6 Å². The molecule has 0 aliphatic heterocycles. The van der Waals surface area contributed by atoms with Crippen LogP contribution in [0.1, 0.15) is 36.8 Å². The molecule has 1 aliphatic carbocycles. The molecule has 2 N–H and O–H groups in total. The molecule has 0 saturated heterocycles. The number of carboxylic acid groups (broad SMARTS) is 1. The van der Waals surface area contributed by atoms with Gasteiger partial charge in [0.25, 0.3) is 0 Å². The van der Waals surface area contributed by atoms with Crippen molar-refractivity contribution in [1.29, 1.82) is 0 Å². The number of nitrogens with zero attached hydrogens (tertiary/aromatic N) is 1. The largest absolute Gasteiger partial charge is 0.481 e. The molecule has 2 aromatic carbocycles.